The van der Waals surface area contributed by atoms with Gasteiger partial charge in [0.25, 0.3) is 5.91 Å². The van der Waals surface area contributed by atoms with Gasteiger partial charge in [0.15, 0.2) is 6.61 Å². The number of rotatable bonds is 13. The van der Waals surface area contributed by atoms with Crippen molar-refractivity contribution in [2.75, 3.05) is 47.1 Å². The van der Waals surface area contributed by atoms with E-state index in [9.17, 15) is 18.0 Å². The Labute approximate surface area is 252 Å². The van der Waals surface area contributed by atoms with Gasteiger partial charge < -0.3 is 29.2 Å². The number of benzene rings is 3. The van der Waals surface area contributed by atoms with Crippen LogP contribution in [0.25, 0.3) is 0 Å². The molecule has 2 amide bonds. The first-order valence-electron chi connectivity index (χ1n) is 13.9. The normalized spacial score (nSPS) is 14.4. The number of hydrogen-bond acceptors (Lipinski definition) is 8. The highest BCUT2D eigenvalue weighted by atomic mass is 32.2. The molecule has 1 fully saturated rings. The number of morpholine rings is 1. The van der Waals surface area contributed by atoms with Crippen LogP contribution in [0.15, 0.2) is 77.7 Å². The molecule has 0 radical (unpaired) electrons. The van der Waals surface area contributed by atoms with Gasteiger partial charge in [-0.15, -0.1) is 0 Å². The van der Waals surface area contributed by atoms with Crippen molar-refractivity contribution in [3.05, 3.63) is 83.9 Å². The maximum atomic E-state index is 13.5. The van der Waals surface area contributed by atoms with Crippen molar-refractivity contribution >= 4 is 21.8 Å². The van der Waals surface area contributed by atoms with Crippen molar-refractivity contribution in [3.63, 3.8) is 0 Å². The van der Waals surface area contributed by atoms with Crippen LogP contribution in [-0.2, 0) is 37.4 Å². The van der Waals surface area contributed by atoms with E-state index in [0.29, 0.717) is 43.6 Å². The van der Waals surface area contributed by atoms with Crippen LogP contribution in [-0.4, -0.2) is 82.6 Å². The van der Waals surface area contributed by atoms with Crippen LogP contribution in [0.5, 0.6) is 17.2 Å². The lowest BCUT2D eigenvalue weighted by atomic mass is 10.1. The number of para-hydroxylation sites is 1. The molecule has 0 aliphatic carbocycles. The molecule has 1 atom stereocenters. The first kappa shape index (κ1) is 31.8. The third-order valence-corrected chi connectivity index (χ3v) is 9.03. The molecule has 12 heteroatoms. The molecular weight excluding hydrogens is 574 g/mol. The Morgan fingerprint density at radius 3 is 2.23 bits per heavy atom. The summed E-state index contributed by atoms with van der Waals surface area (Å²) in [7, 11) is -0.518. The molecule has 0 bridgehead atoms. The number of sulfonamides is 1. The second-order valence-electron chi connectivity index (χ2n) is 9.85. The number of carbonyl (C=O) groups is 2. The maximum absolute atomic E-state index is 13.5. The lowest BCUT2D eigenvalue weighted by Gasteiger charge is -2.29. The summed E-state index contributed by atoms with van der Waals surface area (Å²) in [5.41, 5.74) is 1.61. The van der Waals surface area contributed by atoms with Crippen molar-refractivity contribution in [1.29, 1.82) is 0 Å². The number of carbonyl (C=O) groups excluding carboxylic acids is 2. The average molecular weight is 612 g/mol. The largest absolute Gasteiger partial charge is 0.497 e. The van der Waals surface area contributed by atoms with E-state index in [2.05, 4.69) is 5.32 Å². The number of methoxy groups -OCH3 is 2. The number of nitrogens with one attached hydrogen (secondary N) is 1. The zero-order valence-corrected chi connectivity index (χ0v) is 25.3. The third-order valence-electron chi connectivity index (χ3n) is 7.12. The minimum atomic E-state index is -3.65. The minimum Gasteiger partial charge on any atom is -0.497 e. The van der Waals surface area contributed by atoms with Crippen molar-refractivity contribution < 1.29 is 37.0 Å². The molecule has 3 aromatic carbocycles. The highest BCUT2D eigenvalue weighted by Gasteiger charge is 2.28. The summed E-state index contributed by atoms with van der Waals surface area (Å²) in [6, 6.07) is 19.7. The molecule has 4 rings (SSSR count). The summed E-state index contributed by atoms with van der Waals surface area (Å²) < 4.78 is 48.8. The fourth-order valence-corrected chi connectivity index (χ4v) is 5.97. The van der Waals surface area contributed by atoms with Gasteiger partial charge in [0, 0.05) is 31.7 Å². The molecule has 1 heterocycles. The molecule has 3 aromatic rings. The molecule has 230 valence electrons. The van der Waals surface area contributed by atoms with Crippen molar-refractivity contribution in [2.45, 2.75) is 31.0 Å². The Balaban J connectivity index is 1.44. The van der Waals surface area contributed by atoms with Crippen LogP contribution < -0.4 is 19.5 Å². The van der Waals surface area contributed by atoms with E-state index < -0.39 is 22.0 Å². The molecule has 0 spiro atoms. The second kappa shape index (κ2) is 14.9. The summed E-state index contributed by atoms with van der Waals surface area (Å²) in [6.45, 7) is 2.99. The fourth-order valence-electron chi connectivity index (χ4n) is 4.56. The number of ether oxygens (including phenoxy) is 4. The van der Waals surface area contributed by atoms with E-state index in [1.807, 2.05) is 36.4 Å². The van der Waals surface area contributed by atoms with Crippen LogP contribution in [0.4, 0.5) is 0 Å². The average Bonchev–Trinajstić information content (AvgIpc) is 3.05. The quantitative estimate of drug-likeness (QED) is 0.313. The van der Waals surface area contributed by atoms with Gasteiger partial charge in [-0.25, -0.2) is 8.42 Å². The fraction of sp³-hybridized carbons (Fsp3) is 0.355. The predicted octanol–water partition coefficient (Wildman–Crippen LogP) is 2.84. The Bertz CT molecular complexity index is 1470. The van der Waals surface area contributed by atoms with Gasteiger partial charge in [-0.2, -0.15) is 4.31 Å². The SMILES string of the molecule is COc1ccc(CN(C(=O)COc2ccc(S(=O)(=O)N3CCOCC3)cc2)[C@@H](C)C(=O)NCc2ccccc2OC)cc1. The molecule has 1 aliphatic rings. The van der Waals surface area contributed by atoms with Gasteiger partial charge in [-0.1, -0.05) is 30.3 Å². The maximum Gasteiger partial charge on any atom is 0.261 e. The van der Waals surface area contributed by atoms with E-state index in [4.69, 9.17) is 18.9 Å². The Morgan fingerprint density at radius 1 is 0.930 bits per heavy atom. The monoisotopic (exact) mass is 611 g/mol. The molecule has 1 aliphatic heterocycles. The van der Waals surface area contributed by atoms with E-state index >= 15 is 0 Å². The van der Waals surface area contributed by atoms with Gasteiger partial charge in [0.05, 0.1) is 32.3 Å². The Morgan fingerprint density at radius 2 is 1.58 bits per heavy atom. The van der Waals surface area contributed by atoms with Crippen LogP contribution in [0.3, 0.4) is 0 Å². The highest BCUT2D eigenvalue weighted by Crippen LogP contribution is 2.22. The third kappa shape index (κ3) is 8.25. The number of amides is 2. The number of hydrogen-bond donors (Lipinski definition) is 1. The summed E-state index contributed by atoms with van der Waals surface area (Å²) in [5.74, 6) is 0.892. The van der Waals surface area contributed by atoms with Gasteiger partial charge in [0.1, 0.15) is 23.3 Å². The van der Waals surface area contributed by atoms with Crippen molar-refractivity contribution in [3.8, 4) is 17.2 Å². The highest BCUT2D eigenvalue weighted by molar-refractivity contribution is 7.89. The second-order valence-corrected chi connectivity index (χ2v) is 11.8. The molecule has 1 saturated heterocycles. The standard InChI is InChI=1S/C31H37N3O8S/c1-23(31(36)32-20-25-6-4-5-7-29(25)40-3)34(21-24-8-10-26(39-2)11-9-24)30(35)22-42-27-12-14-28(15-13-27)43(37,38)33-16-18-41-19-17-33/h4-15,23H,16-22H2,1-3H3,(H,32,36)/t23-/m0/s1. The van der Waals surface area contributed by atoms with Gasteiger partial charge in [0.2, 0.25) is 15.9 Å². The van der Waals surface area contributed by atoms with Gasteiger partial charge in [-0.3, -0.25) is 9.59 Å². The van der Waals surface area contributed by atoms with Crippen LogP contribution >= 0.6 is 0 Å². The zero-order chi connectivity index (χ0) is 30.8. The summed E-state index contributed by atoms with van der Waals surface area (Å²) >= 11 is 0. The van der Waals surface area contributed by atoms with Crippen molar-refractivity contribution in [2.24, 2.45) is 0 Å². The topological polar surface area (TPSA) is 124 Å². The summed E-state index contributed by atoms with van der Waals surface area (Å²) in [5, 5.41) is 2.89. The van der Waals surface area contributed by atoms with Crippen LogP contribution in [0, 0.1) is 0 Å². The summed E-state index contributed by atoms with van der Waals surface area (Å²) in [6.07, 6.45) is 0. The lowest BCUT2D eigenvalue weighted by molar-refractivity contribution is -0.142. The first-order chi connectivity index (χ1) is 20.7. The van der Waals surface area contributed by atoms with E-state index in [-0.39, 0.29) is 30.5 Å². The van der Waals surface area contributed by atoms with Crippen LogP contribution in [0.2, 0.25) is 0 Å². The predicted molar refractivity (Wildman–Crippen MR) is 159 cm³/mol. The molecule has 0 unspecified atom stereocenters. The molecule has 0 aromatic heterocycles. The van der Waals surface area contributed by atoms with Gasteiger partial charge in [-0.05, 0) is 55.0 Å². The Hall–Kier alpha value is -4.13. The van der Waals surface area contributed by atoms with E-state index in [1.54, 1.807) is 33.3 Å². The van der Waals surface area contributed by atoms with E-state index in [1.165, 1.54) is 33.5 Å². The lowest BCUT2D eigenvalue weighted by Crippen LogP contribution is -2.48. The molecule has 0 saturated carbocycles. The first-order valence-corrected chi connectivity index (χ1v) is 15.3. The molecule has 1 N–H and O–H groups in total. The zero-order valence-electron chi connectivity index (χ0n) is 24.5. The minimum absolute atomic E-state index is 0.134. The smallest absolute Gasteiger partial charge is 0.261 e. The van der Waals surface area contributed by atoms with Gasteiger partial charge >= 0.3 is 0 Å². The van der Waals surface area contributed by atoms with E-state index in [0.717, 1.165) is 11.1 Å². The molecular formula is C31H37N3O8S. The molecule has 43 heavy (non-hydrogen) atoms. The Kier molecular flexibility index (Phi) is 11.0. The molecule has 11 nitrogen and oxygen atoms in total. The number of nitrogens with zero attached hydrogens (tertiary/aromatic N) is 2. The van der Waals surface area contributed by atoms with Crippen molar-refractivity contribution in [1.82, 2.24) is 14.5 Å². The summed E-state index contributed by atoms with van der Waals surface area (Å²) in [4.78, 5) is 28.2. The van der Waals surface area contributed by atoms with Crippen LogP contribution in [0.1, 0.15) is 18.1 Å².